The van der Waals surface area contributed by atoms with Crippen LogP contribution in [0.25, 0.3) is 0 Å². The molecular formula is C15H21N5. The minimum Gasteiger partial charge on any atom is -0.368 e. The fraction of sp³-hybridized carbons (Fsp3) is 0.400. The van der Waals surface area contributed by atoms with E-state index >= 15 is 0 Å². The zero-order valence-electron chi connectivity index (χ0n) is 12.2. The first-order valence-corrected chi connectivity index (χ1v) is 6.97. The lowest BCUT2D eigenvalue weighted by Crippen LogP contribution is -2.10. The highest BCUT2D eigenvalue weighted by molar-refractivity contribution is 5.54. The van der Waals surface area contributed by atoms with E-state index in [2.05, 4.69) is 58.7 Å². The first kappa shape index (κ1) is 14.2. The van der Waals surface area contributed by atoms with E-state index in [9.17, 15) is 0 Å². The van der Waals surface area contributed by atoms with Crippen LogP contribution in [0, 0.1) is 5.92 Å². The summed E-state index contributed by atoms with van der Waals surface area (Å²) in [5.74, 6) is 1.80. The molecule has 0 radical (unpaired) electrons. The molecule has 5 nitrogen and oxygen atoms in total. The molecule has 2 aromatic rings. The molecule has 0 saturated carbocycles. The standard InChI is InChI=1S/C15H21N5/c1-4-12-5-7-13(8-6-12)18-15-19-14(10-17-20-15)16-9-11(2)3/h5-8,10-11H,4,9H2,1-3H3,(H2,16,18,19,20). The van der Waals surface area contributed by atoms with Gasteiger partial charge in [0.2, 0.25) is 5.95 Å². The zero-order valence-corrected chi connectivity index (χ0v) is 12.2. The van der Waals surface area contributed by atoms with Crippen LogP contribution in [0.15, 0.2) is 30.5 Å². The van der Waals surface area contributed by atoms with Gasteiger partial charge in [-0.15, -0.1) is 5.10 Å². The molecule has 0 fully saturated rings. The van der Waals surface area contributed by atoms with Gasteiger partial charge in [0.25, 0.3) is 0 Å². The van der Waals surface area contributed by atoms with Gasteiger partial charge in [0.05, 0.1) is 6.20 Å². The van der Waals surface area contributed by atoms with Crippen molar-refractivity contribution in [1.82, 2.24) is 15.2 Å². The average molecular weight is 271 g/mol. The van der Waals surface area contributed by atoms with E-state index in [0.29, 0.717) is 11.9 Å². The van der Waals surface area contributed by atoms with Crippen molar-refractivity contribution >= 4 is 17.5 Å². The van der Waals surface area contributed by atoms with Crippen molar-refractivity contribution in [3.8, 4) is 0 Å². The predicted octanol–water partition coefficient (Wildman–Crippen LogP) is 3.25. The van der Waals surface area contributed by atoms with Gasteiger partial charge in [-0.05, 0) is 30.0 Å². The zero-order chi connectivity index (χ0) is 14.4. The van der Waals surface area contributed by atoms with E-state index in [1.165, 1.54) is 5.56 Å². The van der Waals surface area contributed by atoms with Gasteiger partial charge in [0.1, 0.15) is 0 Å². The third-order valence-electron chi connectivity index (χ3n) is 2.87. The average Bonchev–Trinajstić information content (AvgIpc) is 2.46. The Labute approximate surface area is 119 Å². The number of hydrogen-bond donors (Lipinski definition) is 2. The molecule has 0 aliphatic carbocycles. The molecule has 20 heavy (non-hydrogen) atoms. The highest BCUT2D eigenvalue weighted by Crippen LogP contribution is 2.14. The summed E-state index contributed by atoms with van der Waals surface area (Å²) in [5, 5.41) is 14.3. The number of anilines is 3. The Bertz CT molecular complexity index is 536. The molecule has 0 saturated heterocycles. The van der Waals surface area contributed by atoms with Gasteiger partial charge in [0, 0.05) is 12.2 Å². The molecule has 1 aromatic carbocycles. The van der Waals surface area contributed by atoms with E-state index in [1.54, 1.807) is 6.20 Å². The van der Waals surface area contributed by atoms with Crippen LogP contribution in [-0.4, -0.2) is 21.7 Å². The SMILES string of the molecule is CCc1ccc(Nc2nncc(NCC(C)C)n2)cc1. The molecule has 0 spiro atoms. The van der Waals surface area contributed by atoms with Gasteiger partial charge >= 0.3 is 0 Å². The van der Waals surface area contributed by atoms with Crippen LogP contribution in [0.4, 0.5) is 17.5 Å². The smallest absolute Gasteiger partial charge is 0.249 e. The lowest BCUT2D eigenvalue weighted by molar-refractivity contribution is 0.686. The van der Waals surface area contributed by atoms with Crippen LogP contribution in [0.2, 0.25) is 0 Å². The maximum atomic E-state index is 4.39. The van der Waals surface area contributed by atoms with Gasteiger partial charge in [-0.25, -0.2) is 0 Å². The summed E-state index contributed by atoms with van der Waals surface area (Å²) in [7, 11) is 0. The van der Waals surface area contributed by atoms with Gasteiger partial charge in [-0.2, -0.15) is 10.1 Å². The normalized spacial score (nSPS) is 10.6. The molecule has 2 rings (SSSR count). The lowest BCUT2D eigenvalue weighted by Gasteiger charge is -2.09. The van der Waals surface area contributed by atoms with Crippen molar-refractivity contribution in [2.45, 2.75) is 27.2 Å². The van der Waals surface area contributed by atoms with Crippen molar-refractivity contribution in [2.24, 2.45) is 5.92 Å². The second-order valence-electron chi connectivity index (χ2n) is 5.12. The molecule has 0 aliphatic heterocycles. The van der Waals surface area contributed by atoms with Crippen LogP contribution >= 0.6 is 0 Å². The number of aryl methyl sites for hydroxylation is 1. The summed E-state index contributed by atoms with van der Waals surface area (Å²) in [5.41, 5.74) is 2.27. The Balaban J connectivity index is 2.02. The molecule has 1 aromatic heterocycles. The topological polar surface area (TPSA) is 62.7 Å². The number of rotatable bonds is 6. The van der Waals surface area contributed by atoms with Crippen molar-refractivity contribution in [3.63, 3.8) is 0 Å². The Kier molecular flexibility index (Phi) is 4.87. The van der Waals surface area contributed by atoms with Crippen LogP contribution < -0.4 is 10.6 Å². The number of hydrogen-bond acceptors (Lipinski definition) is 5. The van der Waals surface area contributed by atoms with Crippen molar-refractivity contribution < 1.29 is 0 Å². The number of aromatic nitrogens is 3. The summed E-state index contributed by atoms with van der Waals surface area (Å²) in [6, 6.07) is 8.24. The number of benzene rings is 1. The highest BCUT2D eigenvalue weighted by Gasteiger charge is 2.02. The Hall–Kier alpha value is -2.17. The second kappa shape index (κ2) is 6.84. The minimum atomic E-state index is 0.503. The summed E-state index contributed by atoms with van der Waals surface area (Å²) in [6.45, 7) is 7.30. The number of nitrogens with zero attached hydrogens (tertiary/aromatic N) is 3. The monoisotopic (exact) mass is 271 g/mol. The predicted molar refractivity (Wildman–Crippen MR) is 82.3 cm³/mol. The number of nitrogens with one attached hydrogen (secondary N) is 2. The third-order valence-corrected chi connectivity index (χ3v) is 2.87. The van der Waals surface area contributed by atoms with E-state index in [1.807, 2.05) is 12.1 Å². The van der Waals surface area contributed by atoms with E-state index in [4.69, 9.17) is 0 Å². The van der Waals surface area contributed by atoms with Crippen LogP contribution in [0.1, 0.15) is 26.3 Å². The lowest BCUT2D eigenvalue weighted by atomic mass is 10.1. The summed E-state index contributed by atoms with van der Waals surface area (Å²) < 4.78 is 0. The maximum Gasteiger partial charge on any atom is 0.249 e. The summed E-state index contributed by atoms with van der Waals surface area (Å²) in [6.07, 6.45) is 2.67. The fourth-order valence-corrected chi connectivity index (χ4v) is 1.70. The first-order valence-electron chi connectivity index (χ1n) is 6.97. The summed E-state index contributed by atoms with van der Waals surface area (Å²) in [4.78, 5) is 4.39. The third kappa shape index (κ3) is 4.19. The molecule has 106 valence electrons. The summed E-state index contributed by atoms with van der Waals surface area (Å²) >= 11 is 0. The molecule has 0 unspecified atom stereocenters. The quantitative estimate of drug-likeness (QED) is 0.844. The molecule has 0 amide bonds. The molecule has 1 heterocycles. The Morgan fingerprint density at radius 3 is 2.55 bits per heavy atom. The molecule has 0 bridgehead atoms. The minimum absolute atomic E-state index is 0.503. The van der Waals surface area contributed by atoms with Crippen LogP contribution in [-0.2, 0) is 6.42 Å². The van der Waals surface area contributed by atoms with Gasteiger partial charge < -0.3 is 10.6 Å². The Morgan fingerprint density at radius 1 is 1.15 bits per heavy atom. The van der Waals surface area contributed by atoms with Crippen LogP contribution in [0.3, 0.4) is 0 Å². The van der Waals surface area contributed by atoms with Gasteiger partial charge in [-0.3, -0.25) is 0 Å². The Morgan fingerprint density at radius 2 is 1.90 bits per heavy atom. The largest absolute Gasteiger partial charge is 0.368 e. The molecule has 0 aliphatic rings. The second-order valence-corrected chi connectivity index (χ2v) is 5.12. The van der Waals surface area contributed by atoms with Crippen molar-refractivity contribution in [2.75, 3.05) is 17.2 Å². The fourth-order valence-electron chi connectivity index (χ4n) is 1.70. The van der Waals surface area contributed by atoms with Crippen molar-refractivity contribution in [1.29, 1.82) is 0 Å². The molecule has 2 N–H and O–H groups in total. The van der Waals surface area contributed by atoms with Gasteiger partial charge in [-0.1, -0.05) is 32.9 Å². The van der Waals surface area contributed by atoms with E-state index < -0.39 is 0 Å². The van der Waals surface area contributed by atoms with E-state index in [-0.39, 0.29) is 0 Å². The molecular weight excluding hydrogens is 250 g/mol. The van der Waals surface area contributed by atoms with Crippen molar-refractivity contribution in [3.05, 3.63) is 36.0 Å². The van der Waals surface area contributed by atoms with E-state index in [0.717, 1.165) is 24.5 Å². The maximum absolute atomic E-state index is 4.39. The van der Waals surface area contributed by atoms with Crippen LogP contribution in [0.5, 0.6) is 0 Å². The van der Waals surface area contributed by atoms with Gasteiger partial charge in [0.15, 0.2) is 5.82 Å². The first-order chi connectivity index (χ1) is 9.67. The molecule has 5 heteroatoms. The highest BCUT2D eigenvalue weighted by atomic mass is 15.3. The molecule has 0 atom stereocenters.